The molecule has 1 fully saturated rings. The molecule has 1 saturated heterocycles. The number of amides is 1. The molecule has 0 spiro atoms. The van der Waals surface area contributed by atoms with E-state index in [0.717, 1.165) is 0 Å². The molecule has 2 rings (SSSR count). The summed E-state index contributed by atoms with van der Waals surface area (Å²) in [6.07, 6.45) is -3.90. The predicted molar refractivity (Wildman–Crippen MR) is 70.5 cm³/mol. The third kappa shape index (κ3) is 3.00. The molecule has 1 amide bonds. The summed E-state index contributed by atoms with van der Waals surface area (Å²) in [5.41, 5.74) is 5.97. The summed E-state index contributed by atoms with van der Waals surface area (Å²) in [5, 5.41) is 0.222. The second-order valence-corrected chi connectivity index (χ2v) is 5.24. The molecule has 20 heavy (non-hydrogen) atoms. The molecule has 1 aliphatic rings. The lowest BCUT2D eigenvalue weighted by molar-refractivity contribution is -0.184. The van der Waals surface area contributed by atoms with Gasteiger partial charge in [0.15, 0.2) is 0 Å². The first-order chi connectivity index (χ1) is 9.30. The fraction of sp³-hybridized carbons (Fsp3) is 0.462. The molecule has 0 radical (unpaired) electrons. The highest BCUT2D eigenvalue weighted by Gasteiger charge is 2.42. The van der Waals surface area contributed by atoms with Gasteiger partial charge in [-0.1, -0.05) is 17.7 Å². The molecule has 1 aromatic rings. The number of nitrogens with two attached hydrogens (primary N) is 1. The summed E-state index contributed by atoms with van der Waals surface area (Å²) in [6, 6.07) is 4.56. The van der Waals surface area contributed by atoms with Crippen LogP contribution in [0.2, 0.25) is 5.02 Å². The fourth-order valence-electron chi connectivity index (χ4n) is 2.32. The highest BCUT2D eigenvalue weighted by molar-refractivity contribution is 6.33. The van der Waals surface area contributed by atoms with Gasteiger partial charge in [0.05, 0.1) is 22.2 Å². The number of nitrogen functional groups attached to an aromatic ring is 1. The van der Waals surface area contributed by atoms with E-state index in [9.17, 15) is 18.0 Å². The minimum absolute atomic E-state index is 0.0539. The SMILES string of the molecule is Nc1c(Cl)cccc1C(=O)N1CCCC(C(F)(F)F)C1. The van der Waals surface area contributed by atoms with E-state index in [1.165, 1.54) is 17.0 Å². The van der Waals surface area contributed by atoms with Gasteiger partial charge in [-0.25, -0.2) is 0 Å². The van der Waals surface area contributed by atoms with E-state index in [0.29, 0.717) is 13.0 Å². The number of piperidine rings is 1. The van der Waals surface area contributed by atoms with Crippen molar-refractivity contribution in [2.24, 2.45) is 5.92 Å². The normalized spacial score (nSPS) is 20.0. The van der Waals surface area contributed by atoms with E-state index in [4.69, 9.17) is 17.3 Å². The van der Waals surface area contributed by atoms with Crippen molar-refractivity contribution in [3.05, 3.63) is 28.8 Å². The maximum absolute atomic E-state index is 12.7. The van der Waals surface area contributed by atoms with Crippen LogP contribution in [0.1, 0.15) is 23.2 Å². The average Bonchev–Trinajstić information content (AvgIpc) is 2.40. The van der Waals surface area contributed by atoms with E-state index in [-0.39, 0.29) is 29.2 Å². The van der Waals surface area contributed by atoms with Crippen molar-refractivity contribution in [1.29, 1.82) is 0 Å². The lowest BCUT2D eigenvalue weighted by Gasteiger charge is -2.34. The van der Waals surface area contributed by atoms with Crippen LogP contribution in [-0.2, 0) is 0 Å². The summed E-state index contributed by atoms with van der Waals surface area (Å²) < 4.78 is 38.2. The summed E-state index contributed by atoms with van der Waals surface area (Å²) >= 11 is 5.82. The molecule has 0 aromatic heterocycles. The molecule has 1 atom stereocenters. The molecule has 1 aromatic carbocycles. The van der Waals surface area contributed by atoms with Crippen LogP contribution < -0.4 is 5.73 Å². The smallest absolute Gasteiger partial charge is 0.393 e. The maximum atomic E-state index is 12.7. The van der Waals surface area contributed by atoms with Gasteiger partial charge in [-0.15, -0.1) is 0 Å². The Bertz CT molecular complexity index is 519. The summed E-state index contributed by atoms with van der Waals surface area (Å²) in [5.74, 6) is -1.97. The quantitative estimate of drug-likeness (QED) is 0.809. The van der Waals surface area contributed by atoms with Gasteiger partial charge in [0.1, 0.15) is 0 Å². The van der Waals surface area contributed by atoms with Crippen molar-refractivity contribution in [2.75, 3.05) is 18.8 Å². The van der Waals surface area contributed by atoms with E-state index >= 15 is 0 Å². The van der Waals surface area contributed by atoms with Gasteiger partial charge in [0, 0.05) is 13.1 Å². The third-order valence-corrected chi connectivity index (χ3v) is 3.78. The predicted octanol–water partition coefficient (Wildman–Crippen LogP) is 3.34. The Kier molecular flexibility index (Phi) is 4.13. The van der Waals surface area contributed by atoms with Crippen LogP contribution in [0.3, 0.4) is 0 Å². The lowest BCUT2D eigenvalue weighted by Crippen LogP contribution is -2.44. The Morgan fingerprint density at radius 1 is 1.40 bits per heavy atom. The molecule has 1 aliphatic heterocycles. The van der Waals surface area contributed by atoms with E-state index in [1.54, 1.807) is 6.07 Å². The van der Waals surface area contributed by atoms with Crippen LogP contribution in [0.25, 0.3) is 0 Å². The molecule has 0 bridgehead atoms. The Balaban J connectivity index is 2.19. The van der Waals surface area contributed by atoms with Gasteiger partial charge >= 0.3 is 6.18 Å². The van der Waals surface area contributed by atoms with Crippen molar-refractivity contribution in [3.8, 4) is 0 Å². The minimum atomic E-state index is -4.28. The molecule has 0 saturated carbocycles. The zero-order valence-corrected chi connectivity index (χ0v) is 11.3. The van der Waals surface area contributed by atoms with Gasteiger partial charge in [-0.2, -0.15) is 13.2 Å². The highest BCUT2D eigenvalue weighted by atomic mass is 35.5. The molecule has 1 heterocycles. The fourth-order valence-corrected chi connectivity index (χ4v) is 2.50. The van der Waals surface area contributed by atoms with Gasteiger partial charge < -0.3 is 10.6 Å². The number of anilines is 1. The summed E-state index contributed by atoms with van der Waals surface area (Å²) in [4.78, 5) is 13.5. The van der Waals surface area contributed by atoms with E-state index in [2.05, 4.69) is 0 Å². The molecule has 2 N–H and O–H groups in total. The average molecular weight is 307 g/mol. The second kappa shape index (κ2) is 5.52. The number of hydrogen-bond donors (Lipinski definition) is 1. The molecular weight excluding hydrogens is 293 g/mol. The van der Waals surface area contributed by atoms with Crippen molar-refractivity contribution < 1.29 is 18.0 Å². The first-order valence-electron chi connectivity index (χ1n) is 6.20. The first-order valence-corrected chi connectivity index (χ1v) is 6.58. The number of nitrogens with zero attached hydrogens (tertiary/aromatic N) is 1. The van der Waals surface area contributed by atoms with Gasteiger partial charge in [0.2, 0.25) is 0 Å². The Hall–Kier alpha value is -1.43. The van der Waals surface area contributed by atoms with E-state index in [1.807, 2.05) is 0 Å². The molecule has 0 aliphatic carbocycles. The number of carbonyl (C=O) groups excluding carboxylic acids is 1. The van der Waals surface area contributed by atoms with Crippen LogP contribution in [0.4, 0.5) is 18.9 Å². The van der Waals surface area contributed by atoms with Crippen LogP contribution in [0, 0.1) is 5.92 Å². The Morgan fingerprint density at radius 3 is 2.75 bits per heavy atom. The number of benzene rings is 1. The molecule has 1 unspecified atom stereocenters. The number of hydrogen-bond acceptors (Lipinski definition) is 2. The molecule has 3 nitrogen and oxygen atoms in total. The van der Waals surface area contributed by atoms with Crippen LogP contribution >= 0.6 is 11.6 Å². The van der Waals surface area contributed by atoms with Gasteiger partial charge in [0.25, 0.3) is 5.91 Å². The maximum Gasteiger partial charge on any atom is 0.393 e. The zero-order valence-electron chi connectivity index (χ0n) is 10.6. The Labute approximate surface area is 119 Å². The van der Waals surface area contributed by atoms with Crippen molar-refractivity contribution in [3.63, 3.8) is 0 Å². The monoisotopic (exact) mass is 306 g/mol. The van der Waals surface area contributed by atoms with E-state index < -0.39 is 18.0 Å². The Morgan fingerprint density at radius 2 is 2.10 bits per heavy atom. The van der Waals surface area contributed by atoms with Crippen molar-refractivity contribution in [2.45, 2.75) is 19.0 Å². The van der Waals surface area contributed by atoms with Gasteiger partial charge in [-0.05, 0) is 25.0 Å². The molecular formula is C13H14ClF3N2O. The molecule has 7 heteroatoms. The van der Waals surface area contributed by atoms with Crippen molar-refractivity contribution in [1.82, 2.24) is 4.90 Å². The largest absolute Gasteiger partial charge is 0.397 e. The highest BCUT2D eigenvalue weighted by Crippen LogP contribution is 2.34. The number of rotatable bonds is 1. The van der Waals surface area contributed by atoms with Gasteiger partial charge in [-0.3, -0.25) is 4.79 Å². The summed E-state index contributed by atoms with van der Waals surface area (Å²) in [6.45, 7) is -0.0222. The number of carbonyl (C=O) groups is 1. The third-order valence-electron chi connectivity index (χ3n) is 3.45. The summed E-state index contributed by atoms with van der Waals surface area (Å²) in [7, 11) is 0. The number of likely N-dealkylation sites (tertiary alicyclic amines) is 1. The zero-order chi connectivity index (χ0) is 14.9. The van der Waals surface area contributed by atoms with Crippen LogP contribution in [0.5, 0.6) is 0 Å². The lowest BCUT2D eigenvalue weighted by atomic mass is 9.96. The molecule has 110 valence electrons. The standard InChI is InChI=1S/C13H14ClF3N2O/c14-10-5-1-4-9(11(10)18)12(20)19-6-2-3-8(7-19)13(15,16)17/h1,4-5,8H,2-3,6-7,18H2. The topological polar surface area (TPSA) is 46.3 Å². The first kappa shape index (κ1) is 15.0. The number of para-hydroxylation sites is 1. The van der Waals surface area contributed by atoms with Crippen molar-refractivity contribution >= 4 is 23.2 Å². The second-order valence-electron chi connectivity index (χ2n) is 4.83. The number of halogens is 4. The number of alkyl halides is 3. The van der Waals surface area contributed by atoms with Crippen LogP contribution in [0.15, 0.2) is 18.2 Å². The van der Waals surface area contributed by atoms with Crippen LogP contribution in [-0.4, -0.2) is 30.1 Å². The minimum Gasteiger partial charge on any atom is -0.397 e.